The number of carbonyl (C=O) groups is 1. The standard InChI is InChI=1S/C17H29N3O2S/c1-12(2)16(21)18-8-14-6-5-7-20(9-14)10-15-11-23-17(19-15)13(3)22-4/h11-14H,5-10H2,1-4H3,(H,18,21)/t13-,14+/m0/s1. The molecule has 0 saturated carbocycles. The van der Waals surface area contributed by atoms with Crippen LogP contribution in [0, 0.1) is 11.8 Å². The molecule has 1 amide bonds. The summed E-state index contributed by atoms with van der Waals surface area (Å²) in [6, 6.07) is 0. The molecule has 1 fully saturated rings. The predicted octanol–water partition coefficient (Wildman–Crippen LogP) is 2.83. The molecule has 1 aliphatic heterocycles. The van der Waals surface area contributed by atoms with Gasteiger partial charge in [-0.05, 0) is 32.2 Å². The number of amides is 1. The number of hydrogen-bond donors (Lipinski definition) is 1. The van der Waals surface area contributed by atoms with Crippen LogP contribution < -0.4 is 5.32 Å². The summed E-state index contributed by atoms with van der Waals surface area (Å²) in [4.78, 5) is 18.8. The van der Waals surface area contributed by atoms with Crippen LogP contribution in [0.2, 0.25) is 0 Å². The molecule has 2 atom stereocenters. The van der Waals surface area contributed by atoms with Gasteiger partial charge in [0.25, 0.3) is 0 Å². The quantitative estimate of drug-likeness (QED) is 0.830. The smallest absolute Gasteiger partial charge is 0.222 e. The molecule has 130 valence electrons. The average molecular weight is 340 g/mol. The second-order valence-corrected chi connectivity index (χ2v) is 7.59. The molecule has 23 heavy (non-hydrogen) atoms. The Kier molecular flexibility index (Phi) is 6.99. The lowest BCUT2D eigenvalue weighted by atomic mass is 9.97. The molecule has 0 unspecified atom stereocenters. The van der Waals surface area contributed by atoms with Crippen molar-refractivity contribution in [2.45, 2.75) is 46.3 Å². The lowest BCUT2D eigenvalue weighted by Gasteiger charge is -2.32. The molecule has 0 radical (unpaired) electrons. The molecule has 0 aliphatic carbocycles. The second-order valence-electron chi connectivity index (χ2n) is 6.70. The van der Waals surface area contributed by atoms with Crippen molar-refractivity contribution >= 4 is 17.2 Å². The van der Waals surface area contributed by atoms with Gasteiger partial charge in [-0.25, -0.2) is 4.98 Å². The third kappa shape index (κ3) is 5.55. The molecule has 0 spiro atoms. The number of likely N-dealkylation sites (tertiary alicyclic amines) is 1. The maximum atomic E-state index is 11.7. The van der Waals surface area contributed by atoms with Gasteiger partial charge in [0.1, 0.15) is 11.1 Å². The van der Waals surface area contributed by atoms with Gasteiger partial charge in [0.05, 0.1) is 5.69 Å². The minimum absolute atomic E-state index is 0.0610. The lowest BCUT2D eigenvalue weighted by molar-refractivity contribution is -0.124. The number of thiazole rings is 1. The SMILES string of the molecule is CO[C@@H](C)c1nc(CN2CCC[C@H](CNC(=O)C(C)C)C2)cs1. The highest BCUT2D eigenvalue weighted by Crippen LogP contribution is 2.23. The Morgan fingerprint density at radius 2 is 2.30 bits per heavy atom. The third-order valence-electron chi connectivity index (χ3n) is 4.35. The first-order valence-corrected chi connectivity index (χ1v) is 9.34. The Labute approximate surface area is 143 Å². The molecule has 0 bridgehead atoms. The van der Waals surface area contributed by atoms with E-state index in [-0.39, 0.29) is 17.9 Å². The minimum Gasteiger partial charge on any atom is -0.375 e. The van der Waals surface area contributed by atoms with Gasteiger partial charge in [0, 0.05) is 38.0 Å². The van der Waals surface area contributed by atoms with Crippen LogP contribution in [0.3, 0.4) is 0 Å². The lowest BCUT2D eigenvalue weighted by Crippen LogP contribution is -2.41. The average Bonchev–Trinajstić information content (AvgIpc) is 3.00. The molecule has 0 aromatic carbocycles. The summed E-state index contributed by atoms with van der Waals surface area (Å²) in [6.07, 6.45) is 2.44. The fraction of sp³-hybridized carbons (Fsp3) is 0.765. The van der Waals surface area contributed by atoms with Gasteiger partial charge in [-0.15, -0.1) is 11.3 Å². The fourth-order valence-corrected chi connectivity index (χ4v) is 3.66. The first kappa shape index (κ1) is 18.4. The molecule has 6 heteroatoms. The Morgan fingerprint density at radius 3 is 3.00 bits per heavy atom. The number of methoxy groups -OCH3 is 1. The van der Waals surface area contributed by atoms with Crippen LogP contribution in [-0.2, 0) is 16.1 Å². The summed E-state index contributed by atoms with van der Waals surface area (Å²) < 4.78 is 5.32. The number of hydrogen-bond acceptors (Lipinski definition) is 5. The van der Waals surface area contributed by atoms with Crippen molar-refractivity contribution in [2.24, 2.45) is 11.8 Å². The van der Waals surface area contributed by atoms with E-state index in [1.54, 1.807) is 18.4 Å². The Bertz CT molecular complexity index is 504. The summed E-state index contributed by atoms with van der Waals surface area (Å²) in [6.45, 7) is 9.72. The largest absolute Gasteiger partial charge is 0.375 e. The summed E-state index contributed by atoms with van der Waals surface area (Å²) in [5.74, 6) is 0.758. The molecule has 1 aromatic rings. The first-order chi connectivity index (χ1) is 11.0. The highest BCUT2D eigenvalue weighted by molar-refractivity contribution is 7.09. The van der Waals surface area contributed by atoms with Crippen molar-refractivity contribution in [2.75, 3.05) is 26.7 Å². The molecule has 1 aromatic heterocycles. The van der Waals surface area contributed by atoms with Crippen molar-refractivity contribution < 1.29 is 9.53 Å². The van der Waals surface area contributed by atoms with Gasteiger partial charge in [0.2, 0.25) is 5.91 Å². The highest BCUT2D eigenvalue weighted by Gasteiger charge is 2.22. The number of carbonyl (C=O) groups excluding carboxylic acids is 1. The maximum Gasteiger partial charge on any atom is 0.222 e. The molecule has 1 aliphatic rings. The summed E-state index contributed by atoms with van der Waals surface area (Å²) >= 11 is 1.67. The molecular weight excluding hydrogens is 310 g/mol. The van der Waals surface area contributed by atoms with Crippen molar-refractivity contribution in [1.29, 1.82) is 0 Å². The topological polar surface area (TPSA) is 54.5 Å². The summed E-state index contributed by atoms with van der Waals surface area (Å²) in [5.41, 5.74) is 1.13. The van der Waals surface area contributed by atoms with Crippen LogP contribution in [0.1, 0.15) is 50.4 Å². The molecule has 1 N–H and O–H groups in total. The molecule has 5 nitrogen and oxygen atoms in total. The zero-order chi connectivity index (χ0) is 16.8. The molecule has 2 heterocycles. The third-order valence-corrected chi connectivity index (χ3v) is 5.40. The molecule has 1 saturated heterocycles. The zero-order valence-electron chi connectivity index (χ0n) is 14.7. The van der Waals surface area contributed by atoms with Crippen molar-refractivity contribution in [3.63, 3.8) is 0 Å². The second kappa shape index (κ2) is 8.76. The van der Waals surface area contributed by atoms with E-state index in [4.69, 9.17) is 4.74 Å². The fourth-order valence-electron chi connectivity index (χ4n) is 2.82. The normalized spacial score (nSPS) is 20.7. The van der Waals surface area contributed by atoms with Gasteiger partial charge < -0.3 is 10.1 Å². The number of nitrogens with one attached hydrogen (secondary N) is 1. The van der Waals surface area contributed by atoms with Crippen LogP contribution in [-0.4, -0.2) is 42.5 Å². The number of aromatic nitrogens is 1. The van der Waals surface area contributed by atoms with E-state index in [1.807, 2.05) is 20.8 Å². The monoisotopic (exact) mass is 339 g/mol. The maximum absolute atomic E-state index is 11.7. The number of rotatable bonds is 7. The van der Waals surface area contributed by atoms with E-state index >= 15 is 0 Å². The molecular formula is C17H29N3O2S. The van der Waals surface area contributed by atoms with E-state index in [2.05, 4.69) is 20.6 Å². The Balaban J connectivity index is 1.81. The number of ether oxygens (including phenoxy) is 1. The van der Waals surface area contributed by atoms with Gasteiger partial charge in [-0.1, -0.05) is 13.8 Å². The van der Waals surface area contributed by atoms with Crippen molar-refractivity contribution in [1.82, 2.24) is 15.2 Å². The number of piperidine rings is 1. The van der Waals surface area contributed by atoms with Crippen molar-refractivity contribution in [3.05, 3.63) is 16.1 Å². The van der Waals surface area contributed by atoms with Crippen LogP contribution in [0.5, 0.6) is 0 Å². The van der Waals surface area contributed by atoms with Crippen LogP contribution in [0.25, 0.3) is 0 Å². The van der Waals surface area contributed by atoms with Crippen LogP contribution in [0.15, 0.2) is 5.38 Å². The Morgan fingerprint density at radius 1 is 1.52 bits per heavy atom. The Hall–Kier alpha value is -0.980. The van der Waals surface area contributed by atoms with E-state index in [1.165, 1.54) is 12.8 Å². The molecule has 2 rings (SSSR count). The number of nitrogens with zero attached hydrogens (tertiary/aromatic N) is 2. The minimum atomic E-state index is 0.0610. The highest BCUT2D eigenvalue weighted by atomic mass is 32.1. The summed E-state index contributed by atoms with van der Waals surface area (Å²) in [7, 11) is 1.71. The zero-order valence-corrected chi connectivity index (χ0v) is 15.5. The van der Waals surface area contributed by atoms with Crippen LogP contribution >= 0.6 is 11.3 Å². The van der Waals surface area contributed by atoms with Gasteiger partial charge in [0.15, 0.2) is 0 Å². The van der Waals surface area contributed by atoms with E-state index in [0.717, 1.165) is 36.9 Å². The van der Waals surface area contributed by atoms with Crippen LogP contribution in [0.4, 0.5) is 0 Å². The van der Waals surface area contributed by atoms with Gasteiger partial charge in [-0.3, -0.25) is 9.69 Å². The van der Waals surface area contributed by atoms with E-state index in [0.29, 0.717) is 5.92 Å². The summed E-state index contributed by atoms with van der Waals surface area (Å²) in [5, 5.41) is 6.24. The predicted molar refractivity (Wildman–Crippen MR) is 93.4 cm³/mol. The van der Waals surface area contributed by atoms with Gasteiger partial charge >= 0.3 is 0 Å². The first-order valence-electron chi connectivity index (χ1n) is 8.46. The van der Waals surface area contributed by atoms with Crippen molar-refractivity contribution in [3.8, 4) is 0 Å². The van der Waals surface area contributed by atoms with E-state index in [9.17, 15) is 4.79 Å². The van der Waals surface area contributed by atoms with Gasteiger partial charge in [-0.2, -0.15) is 0 Å². The van der Waals surface area contributed by atoms with E-state index < -0.39 is 0 Å².